The van der Waals surface area contributed by atoms with Crippen LogP contribution in [0.1, 0.15) is 43.2 Å². The van der Waals surface area contributed by atoms with Crippen LogP contribution < -0.4 is 9.62 Å². The largest absolute Gasteiger partial charge is 0.352 e. The molecule has 4 aromatic carbocycles. The van der Waals surface area contributed by atoms with Gasteiger partial charge in [-0.05, 0) is 72.5 Å². The lowest BCUT2D eigenvalue weighted by Crippen LogP contribution is -2.55. The van der Waals surface area contributed by atoms with Crippen LogP contribution >= 0.6 is 27.5 Å². The highest BCUT2D eigenvalue weighted by Crippen LogP contribution is 2.27. The topological polar surface area (TPSA) is 86.8 Å². The third kappa shape index (κ3) is 8.78. The Bertz CT molecular complexity index is 1720. The molecule has 0 spiro atoms. The molecule has 0 heterocycles. The highest BCUT2D eigenvalue weighted by atomic mass is 79.9. The van der Waals surface area contributed by atoms with Crippen molar-refractivity contribution in [3.8, 4) is 0 Å². The van der Waals surface area contributed by atoms with Gasteiger partial charge in [-0.2, -0.15) is 0 Å². The number of nitrogens with zero attached hydrogens (tertiary/aromatic N) is 2. The number of rotatable bonds is 12. The lowest BCUT2D eigenvalue weighted by molar-refractivity contribution is -0.140. The molecule has 5 rings (SSSR count). The molecule has 46 heavy (non-hydrogen) atoms. The van der Waals surface area contributed by atoms with Crippen molar-refractivity contribution >= 4 is 55.1 Å². The van der Waals surface area contributed by atoms with Crippen LogP contribution in [0.5, 0.6) is 0 Å². The number of halogens is 2. The fourth-order valence-electron chi connectivity index (χ4n) is 5.79. The van der Waals surface area contributed by atoms with E-state index in [1.807, 2.05) is 54.6 Å². The molecule has 1 N–H and O–H groups in total. The molecule has 0 aromatic heterocycles. The van der Waals surface area contributed by atoms with Gasteiger partial charge in [0.05, 0.1) is 10.6 Å². The maximum absolute atomic E-state index is 14.6. The fraction of sp³-hybridized carbons (Fsp3) is 0.278. The smallest absolute Gasteiger partial charge is 0.264 e. The van der Waals surface area contributed by atoms with Crippen molar-refractivity contribution in [1.82, 2.24) is 10.2 Å². The van der Waals surface area contributed by atoms with Crippen molar-refractivity contribution < 1.29 is 18.0 Å². The molecule has 2 amide bonds. The van der Waals surface area contributed by atoms with Crippen molar-refractivity contribution in [2.45, 2.75) is 62.0 Å². The number of benzene rings is 4. The minimum Gasteiger partial charge on any atom is -0.352 e. The quantitative estimate of drug-likeness (QED) is 0.165. The van der Waals surface area contributed by atoms with Gasteiger partial charge in [-0.25, -0.2) is 8.42 Å². The van der Waals surface area contributed by atoms with Crippen LogP contribution in [0.4, 0.5) is 5.69 Å². The molecule has 0 bridgehead atoms. The molecule has 1 unspecified atom stereocenters. The monoisotopic (exact) mass is 721 g/mol. The predicted octanol–water partition coefficient (Wildman–Crippen LogP) is 7.39. The van der Waals surface area contributed by atoms with Gasteiger partial charge >= 0.3 is 0 Å². The van der Waals surface area contributed by atoms with Gasteiger partial charge in [0.25, 0.3) is 10.0 Å². The SMILES string of the molecule is O=C(NC1CCCCC1)C(Cc1ccccc1)N(Cc1cccc(Br)c1)C(=O)CN(c1ccc(Cl)cc1)S(=O)(=O)c1ccccc1. The highest BCUT2D eigenvalue weighted by Gasteiger charge is 2.35. The number of hydrogen-bond acceptors (Lipinski definition) is 4. The molecule has 0 saturated heterocycles. The minimum atomic E-state index is -4.17. The number of amides is 2. The van der Waals surface area contributed by atoms with E-state index in [9.17, 15) is 18.0 Å². The van der Waals surface area contributed by atoms with Crippen LogP contribution in [0.2, 0.25) is 5.02 Å². The number of sulfonamides is 1. The van der Waals surface area contributed by atoms with E-state index in [0.717, 1.165) is 52.0 Å². The summed E-state index contributed by atoms with van der Waals surface area (Å²) in [6, 6.07) is 30.6. The summed E-state index contributed by atoms with van der Waals surface area (Å²) in [5.41, 5.74) is 1.98. The second-order valence-electron chi connectivity index (χ2n) is 11.5. The van der Waals surface area contributed by atoms with Crippen LogP contribution in [0.15, 0.2) is 119 Å². The molecule has 0 radical (unpaired) electrons. The van der Waals surface area contributed by atoms with Gasteiger partial charge in [-0.3, -0.25) is 13.9 Å². The van der Waals surface area contributed by atoms with Gasteiger partial charge in [-0.1, -0.05) is 107 Å². The summed E-state index contributed by atoms with van der Waals surface area (Å²) < 4.78 is 30.1. The van der Waals surface area contributed by atoms with Crippen LogP contribution in [0.25, 0.3) is 0 Å². The summed E-state index contributed by atoms with van der Waals surface area (Å²) in [6.07, 6.45) is 5.28. The lowest BCUT2D eigenvalue weighted by atomic mass is 9.94. The van der Waals surface area contributed by atoms with Gasteiger partial charge < -0.3 is 10.2 Å². The first kappa shape index (κ1) is 33.7. The Morgan fingerprint density at radius 1 is 0.826 bits per heavy atom. The first-order chi connectivity index (χ1) is 22.2. The van der Waals surface area contributed by atoms with E-state index in [-0.39, 0.29) is 35.5 Å². The zero-order valence-corrected chi connectivity index (χ0v) is 28.6. The van der Waals surface area contributed by atoms with E-state index in [1.54, 1.807) is 42.5 Å². The van der Waals surface area contributed by atoms with Gasteiger partial charge in [-0.15, -0.1) is 0 Å². The molecular formula is C36H37BrClN3O4S. The van der Waals surface area contributed by atoms with E-state index in [2.05, 4.69) is 21.2 Å². The second kappa shape index (κ2) is 15.8. The Balaban J connectivity index is 1.55. The number of nitrogens with one attached hydrogen (secondary N) is 1. The normalized spacial score (nSPS) is 14.3. The maximum Gasteiger partial charge on any atom is 0.264 e. The second-order valence-corrected chi connectivity index (χ2v) is 14.7. The molecule has 7 nitrogen and oxygen atoms in total. The Labute approximate surface area is 284 Å². The van der Waals surface area contributed by atoms with E-state index < -0.39 is 28.5 Å². The van der Waals surface area contributed by atoms with Crippen molar-refractivity contribution in [2.24, 2.45) is 0 Å². The Kier molecular flexibility index (Phi) is 11.5. The third-order valence-electron chi connectivity index (χ3n) is 8.19. The summed E-state index contributed by atoms with van der Waals surface area (Å²) in [5.74, 6) is -0.753. The number of anilines is 1. The third-order valence-corrected chi connectivity index (χ3v) is 10.7. The zero-order chi connectivity index (χ0) is 32.5. The summed E-state index contributed by atoms with van der Waals surface area (Å²) in [5, 5.41) is 3.67. The van der Waals surface area contributed by atoms with E-state index in [1.165, 1.54) is 17.0 Å². The Morgan fingerprint density at radius 3 is 2.11 bits per heavy atom. The summed E-state index contributed by atoms with van der Waals surface area (Å²) >= 11 is 9.67. The number of carbonyl (C=O) groups excluding carboxylic acids is 2. The molecule has 1 aliphatic carbocycles. The summed E-state index contributed by atoms with van der Waals surface area (Å²) in [6.45, 7) is -0.414. The Hall–Kier alpha value is -3.66. The first-order valence-electron chi connectivity index (χ1n) is 15.4. The maximum atomic E-state index is 14.6. The lowest BCUT2D eigenvalue weighted by Gasteiger charge is -2.35. The molecule has 4 aromatic rings. The molecule has 1 fully saturated rings. The van der Waals surface area contributed by atoms with E-state index in [4.69, 9.17) is 11.6 Å². The van der Waals surface area contributed by atoms with Crippen LogP contribution in [-0.4, -0.2) is 43.8 Å². The van der Waals surface area contributed by atoms with Gasteiger partial charge in [0.1, 0.15) is 12.6 Å². The van der Waals surface area contributed by atoms with E-state index >= 15 is 0 Å². The number of carbonyl (C=O) groups is 2. The van der Waals surface area contributed by atoms with Crippen LogP contribution in [0.3, 0.4) is 0 Å². The van der Waals surface area contributed by atoms with Gasteiger partial charge in [0.15, 0.2) is 0 Å². The molecule has 1 aliphatic rings. The number of hydrogen-bond donors (Lipinski definition) is 1. The van der Waals surface area contributed by atoms with Crippen molar-refractivity contribution in [1.29, 1.82) is 0 Å². The molecule has 10 heteroatoms. The molecular weight excluding hydrogens is 686 g/mol. The minimum absolute atomic E-state index is 0.0337. The molecule has 1 saturated carbocycles. The van der Waals surface area contributed by atoms with Crippen molar-refractivity contribution in [2.75, 3.05) is 10.8 Å². The molecule has 0 aliphatic heterocycles. The van der Waals surface area contributed by atoms with Gasteiger partial charge in [0, 0.05) is 28.5 Å². The average Bonchev–Trinajstić information content (AvgIpc) is 3.07. The average molecular weight is 723 g/mol. The Morgan fingerprint density at radius 2 is 1.46 bits per heavy atom. The standard InChI is InChI=1S/C36H37BrClN3O4S/c37-29-14-10-13-28(23-29)25-40(34(24-27-11-4-1-5-12-27)36(43)39-31-15-6-2-7-16-31)35(42)26-41(32-21-19-30(38)20-22-32)46(44,45)33-17-8-3-9-18-33/h1,3-5,8-14,17-23,31,34H,2,6-7,15-16,24-26H2,(H,39,43). The van der Waals surface area contributed by atoms with Gasteiger partial charge in [0.2, 0.25) is 11.8 Å². The predicted molar refractivity (Wildman–Crippen MR) is 186 cm³/mol. The fourth-order valence-corrected chi connectivity index (χ4v) is 7.79. The van der Waals surface area contributed by atoms with Crippen LogP contribution in [0, 0.1) is 0 Å². The first-order valence-corrected chi connectivity index (χ1v) is 18.0. The van der Waals surface area contributed by atoms with Crippen LogP contribution in [-0.2, 0) is 32.6 Å². The molecule has 1 atom stereocenters. The van der Waals surface area contributed by atoms with E-state index in [0.29, 0.717) is 5.02 Å². The summed E-state index contributed by atoms with van der Waals surface area (Å²) in [4.78, 5) is 30.3. The summed E-state index contributed by atoms with van der Waals surface area (Å²) in [7, 11) is -4.17. The molecule has 240 valence electrons. The van der Waals surface area contributed by atoms with Crippen molar-refractivity contribution in [3.63, 3.8) is 0 Å². The van der Waals surface area contributed by atoms with Crippen molar-refractivity contribution in [3.05, 3.63) is 130 Å². The highest BCUT2D eigenvalue weighted by molar-refractivity contribution is 9.10. The zero-order valence-electron chi connectivity index (χ0n) is 25.4.